The summed E-state index contributed by atoms with van der Waals surface area (Å²) in [4.78, 5) is 62.2. The lowest BCUT2D eigenvalue weighted by molar-refractivity contribution is -0.140. The largest absolute Gasteiger partial charge is 0.399 e. The van der Waals surface area contributed by atoms with Crippen LogP contribution in [0.5, 0.6) is 0 Å². The molecule has 0 aromatic carbocycles. The Labute approximate surface area is 261 Å². The van der Waals surface area contributed by atoms with E-state index in [-0.39, 0.29) is 30.1 Å². The molecule has 44 heavy (non-hydrogen) atoms. The van der Waals surface area contributed by atoms with Crippen molar-refractivity contribution in [1.29, 1.82) is 0 Å². The Hall–Kier alpha value is -4.32. The van der Waals surface area contributed by atoms with E-state index in [1.54, 1.807) is 13.8 Å². The summed E-state index contributed by atoms with van der Waals surface area (Å²) < 4.78 is 0. The Bertz CT molecular complexity index is 1150. The molecule has 1 aromatic rings. The van der Waals surface area contributed by atoms with E-state index in [1.165, 1.54) is 43.2 Å². The SMILES string of the molecule is C=C(C(Cc1cccnc1)NC)N1CCCC1.C=C/C(N)=C/C(C)=O.CC(C)NC(=O)C(=O)C(CC1CCNC1=O)NC=O. The highest BCUT2D eigenvalue weighted by molar-refractivity contribution is 6.38. The van der Waals surface area contributed by atoms with Gasteiger partial charge in [-0.3, -0.25) is 29.0 Å². The molecule has 2 fully saturated rings. The van der Waals surface area contributed by atoms with E-state index >= 15 is 0 Å². The Morgan fingerprint density at radius 2 is 1.91 bits per heavy atom. The summed E-state index contributed by atoms with van der Waals surface area (Å²) in [5, 5.41) is 10.8. The molecule has 12 heteroatoms. The molecule has 3 unspecified atom stereocenters. The Morgan fingerprint density at radius 3 is 2.36 bits per heavy atom. The van der Waals surface area contributed by atoms with E-state index in [1.807, 2.05) is 25.5 Å². The standard InChI is InChI=1S/C14H21N3.C12H19N3O4.C6H9NO/c1-12(17-8-3-4-9-17)14(15-2)10-13-6-5-7-16-11-13;1-7(2)15-12(19)10(17)9(14-6-16)5-8-3-4-13-11(8)18;1-3-6(7)4-5(2)8/h5-7,11,14-15H,1,3-4,8-10H2,2H3;6-9H,3-5H2,1-2H3,(H,13,18)(H,14,16)(H,15,19);3-4H,1,7H2,2H3/b;;6-4-. The number of rotatable bonds is 14. The Kier molecular flexibility index (Phi) is 17.6. The summed E-state index contributed by atoms with van der Waals surface area (Å²) in [7, 11) is 2.00. The molecule has 0 saturated carbocycles. The molecule has 3 heterocycles. The second kappa shape index (κ2) is 20.6. The average Bonchev–Trinajstić information content (AvgIpc) is 3.68. The predicted octanol–water partition coefficient (Wildman–Crippen LogP) is 1.15. The number of hydrogen-bond donors (Lipinski definition) is 5. The summed E-state index contributed by atoms with van der Waals surface area (Å²) in [6.07, 6.45) is 11.2. The van der Waals surface area contributed by atoms with Crippen LogP contribution in [0.25, 0.3) is 0 Å². The van der Waals surface area contributed by atoms with Crippen LogP contribution in [0.4, 0.5) is 0 Å². The molecule has 2 aliphatic heterocycles. The quantitative estimate of drug-likeness (QED) is 0.0894. The highest BCUT2D eigenvalue weighted by Gasteiger charge is 2.32. The van der Waals surface area contributed by atoms with E-state index in [0.717, 1.165) is 19.5 Å². The maximum atomic E-state index is 11.9. The van der Waals surface area contributed by atoms with Gasteiger partial charge in [-0.05, 0) is 77.6 Å². The van der Waals surface area contributed by atoms with E-state index in [0.29, 0.717) is 31.1 Å². The number of nitrogens with one attached hydrogen (secondary N) is 4. The van der Waals surface area contributed by atoms with E-state index < -0.39 is 17.7 Å². The number of aromatic nitrogens is 1. The fourth-order valence-corrected chi connectivity index (χ4v) is 4.64. The fraction of sp³-hybridized carbons (Fsp3) is 0.500. The van der Waals surface area contributed by atoms with E-state index in [9.17, 15) is 24.0 Å². The minimum Gasteiger partial charge on any atom is -0.399 e. The van der Waals surface area contributed by atoms with Crippen molar-refractivity contribution in [2.45, 2.75) is 71.0 Å². The number of carbonyl (C=O) groups is 5. The molecule has 1 aromatic heterocycles. The third-order valence-electron chi connectivity index (χ3n) is 6.94. The van der Waals surface area contributed by atoms with Crippen molar-refractivity contribution in [1.82, 2.24) is 31.2 Å². The van der Waals surface area contributed by atoms with Gasteiger partial charge in [-0.1, -0.05) is 19.2 Å². The molecular formula is C32H49N7O5. The van der Waals surface area contributed by atoms with Crippen LogP contribution >= 0.6 is 0 Å². The van der Waals surface area contributed by atoms with Crippen LogP contribution in [0, 0.1) is 5.92 Å². The van der Waals surface area contributed by atoms with Crippen molar-refractivity contribution in [3.8, 4) is 0 Å². The molecule has 0 spiro atoms. The van der Waals surface area contributed by atoms with Gasteiger partial charge >= 0.3 is 0 Å². The van der Waals surface area contributed by atoms with Crippen molar-refractivity contribution in [3.05, 3.63) is 66.8 Å². The van der Waals surface area contributed by atoms with Crippen molar-refractivity contribution in [3.63, 3.8) is 0 Å². The van der Waals surface area contributed by atoms with Gasteiger partial charge in [0.2, 0.25) is 18.1 Å². The normalized spacial score (nSPS) is 17.1. The first-order valence-electron chi connectivity index (χ1n) is 14.9. The zero-order valence-electron chi connectivity index (χ0n) is 26.4. The Balaban J connectivity index is 0.000000357. The molecule has 0 radical (unpaired) electrons. The van der Waals surface area contributed by atoms with Gasteiger partial charge in [-0.2, -0.15) is 0 Å². The smallest absolute Gasteiger partial charge is 0.289 e. The maximum Gasteiger partial charge on any atom is 0.289 e. The predicted molar refractivity (Wildman–Crippen MR) is 171 cm³/mol. The van der Waals surface area contributed by atoms with Gasteiger partial charge in [-0.25, -0.2) is 0 Å². The van der Waals surface area contributed by atoms with E-state index in [2.05, 4.69) is 50.4 Å². The van der Waals surface area contributed by atoms with Crippen molar-refractivity contribution >= 4 is 29.8 Å². The third kappa shape index (κ3) is 14.2. The molecule has 12 nitrogen and oxygen atoms in total. The fourth-order valence-electron chi connectivity index (χ4n) is 4.64. The van der Waals surface area contributed by atoms with Crippen LogP contribution in [-0.4, -0.2) is 84.5 Å². The number of nitrogens with two attached hydrogens (primary N) is 1. The molecule has 6 N–H and O–H groups in total. The second-order valence-electron chi connectivity index (χ2n) is 10.9. The topological polar surface area (TPSA) is 176 Å². The van der Waals surface area contributed by atoms with Gasteiger partial charge < -0.3 is 31.9 Å². The number of hydrogen-bond acceptors (Lipinski definition) is 9. The lowest BCUT2D eigenvalue weighted by Crippen LogP contribution is -2.47. The second-order valence-corrected chi connectivity index (χ2v) is 10.9. The van der Waals surface area contributed by atoms with E-state index in [4.69, 9.17) is 5.73 Å². The summed E-state index contributed by atoms with van der Waals surface area (Å²) in [5.74, 6) is -2.00. The summed E-state index contributed by atoms with van der Waals surface area (Å²) in [6, 6.07) is 3.31. The number of nitrogens with zero attached hydrogens (tertiary/aromatic N) is 2. The van der Waals surface area contributed by atoms with Crippen molar-refractivity contribution in [2.75, 3.05) is 26.7 Å². The first-order valence-corrected chi connectivity index (χ1v) is 14.9. The zero-order chi connectivity index (χ0) is 33.1. The molecule has 3 atom stereocenters. The number of pyridine rings is 1. The third-order valence-corrected chi connectivity index (χ3v) is 6.94. The Morgan fingerprint density at radius 1 is 1.23 bits per heavy atom. The van der Waals surface area contributed by atoms with Gasteiger partial charge in [0.05, 0.1) is 12.1 Å². The van der Waals surface area contributed by atoms with Gasteiger partial charge in [0.1, 0.15) is 0 Å². The molecule has 2 saturated heterocycles. The van der Waals surface area contributed by atoms with Crippen LogP contribution in [0.1, 0.15) is 52.0 Å². The summed E-state index contributed by atoms with van der Waals surface area (Å²) in [6.45, 7) is 15.4. The molecule has 242 valence electrons. The average molecular weight is 612 g/mol. The number of likely N-dealkylation sites (N-methyl/N-ethyl adjacent to an activating group) is 1. The van der Waals surface area contributed by atoms with Gasteiger partial charge in [0, 0.05) is 61.5 Å². The first kappa shape index (κ1) is 37.7. The molecule has 2 aliphatic rings. The molecule has 0 bridgehead atoms. The highest BCUT2D eigenvalue weighted by atomic mass is 16.2. The highest BCUT2D eigenvalue weighted by Crippen LogP contribution is 2.18. The van der Waals surface area contributed by atoms with Crippen LogP contribution < -0.4 is 27.0 Å². The van der Waals surface area contributed by atoms with Crippen LogP contribution in [-0.2, 0) is 30.4 Å². The number of likely N-dealkylation sites (tertiary alicyclic amines) is 1. The molecule has 3 rings (SSSR count). The van der Waals surface area contributed by atoms with Crippen LogP contribution in [0.2, 0.25) is 0 Å². The van der Waals surface area contributed by atoms with Gasteiger partial charge in [0.15, 0.2) is 5.78 Å². The minimum absolute atomic E-state index is 0.0533. The monoisotopic (exact) mass is 611 g/mol. The number of amides is 3. The van der Waals surface area contributed by atoms with Crippen LogP contribution in [0.3, 0.4) is 0 Å². The van der Waals surface area contributed by atoms with Crippen LogP contribution in [0.15, 0.2) is 61.2 Å². The van der Waals surface area contributed by atoms with Gasteiger partial charge in [0.25, 0.3) is 5.91 Å². The number of allylic oxidation sites excluding steroid dienone is 2. The maximum absolute atomic E-state index is 11.9. The minimum atomic E-state index is -0.954. The molecular weight excluding hydrogens is 562 g/mol. The first-order chi connectivity index (χ1) is 20.9. The zero-order valence-corrected chi connectivity index (χ0v) is 26.4. The molecule has 3 amide bonds. The van der Waals surface area contributed by atoms with Crippen molar-refractivity contribution in [2.24, 2.45) is 11.7 Å². The number of ketones is 2. The summed E-state index contributed by atoms with van der Waals surface area (Å²) >= 11 is 0. The lowest BCUT2D eigenvalue weighted by atomic mass is 9.95. The number of carbonyl (C=O) groups excluding carboxylic acids is 5. The summed E-state index contributed by atoms with van der Waals surface area (Å²) in [5.41, 5.74) is 8.08. The van der Waals surface area contributed by atoms with Crippen molar-refractivity contribution < 1.29 is 24.0 Å². The molecule has 0 aliphatic carbocycles. The number of Topliss-reactive ketones (excluding diaryl/α,β-unsaturated/α-hetero) is 1. The van der Waals surface area contributed by atoms with Gasteiger partial charge in [-0.15, -0.1) is 0 Å². The lowest BCUT2D eigenvalue weighted by Gasteiger charge is -2.27.